The Hall–Kier alpha value is -3.67. The molecule has 0 unspecified atom stereocenters. The van der Waals surface area contributed by atoms with Gasteiger partial charge in [0.05, 0.1) is 17.7 Å². The Morgan fingerprint density at radius 2 is 1.78 bits per heavy atom. The number of benzene rings is 2. The summed E-state index contributed by atoms with van der Waals surface area (Å²) in [7, 11) is 0.326. The van der Waals surface area contributed by atoms with Crippen molar-refractivity contribution in [3.8, 4) is 11.1 Å². The van der Waals surface area contributed by atoms with Gasteiger partial charge >= 0.3 is 6.03 Å². The molecule has 4 heterocycles. The fraction of sp³-hybridized carbons (Fsp3) is 0.448. The number of amides is 2. The number of hydrogen-bond acceptors (Lipinski definition) is 6. The minimum atomic E-state index is -3.05. The Morgan fingerprint density at radius 3 is 2.46 bits per heavy atom. The second-order valence-corrected chi connectivity index (χ2v) is 13.3. The number of anilines is 3. The minimum Gasteiger partial charge on any atom is -0.369 e. The maximum atomic E-state index is 14.5. The summed E-state index contributed by atoms with van der Waals surface area (Å²) in [5, 5.41) is 6.90. The molecule has 218 valence electrons. The van der Waals surface area contributed by atoms with Crippen molar-refractivity contribution < 1.29 is 22.0 Å². The molecule has 0 spiro atoms. The largest absolute Gasteiger partial charge is 0.369 e. The van der Waals surface area contributed by atoms with Crippen LogP contribution in [-0.2, 0) is 36.3 Å². The predicted molar refractivity (Wildman–Crippen MR) is 155 cm³/mol. The summed E-state index contributed by atoms with van der Waals surface area (Å²) >= 11 is 0. The smallest absolute Gasteiger partial charge is 0.317 e. The van der Waals surface area contributed by atoms with Gasteiger partial charge in [0.2, 0.25) is 0 Å². The van der Waals surface area contributed by atoms with Gasteiger partial charge in [0.15, 0.2) is 9.84 Å². The van der Waals surface area contributed by atoms with Crippen LogP contribution in [0.5, 0.6) is 0 Å². The molecule has 1 saturated heterocycles. The van der Waals surface area contributed by atoms with Gasteiger partial charge in [-0.2, -0.15) is 5.10 Å². The molecule has 2 amide bonds. The summed E-state index contributed by atoms with van der Waals surface area (Å²) < 4.78 is 54.8. The van der Waals surface area contributed by atoms with E-state index in [1.165, 1.54) is 0 Å². The first-order chi connectivity index (χ1) is 19.6. The summed E-state index contributed by atoms with van der Waals surface area (Å²) in [6.07, 6.45) is 2.95. The fourth-order valence-corrected chi connectivity index (χ4v) is 7.45. The number of nitrogens with one attached hydrogen (secondary N) is 1. The molecular weight excluding hydrogens is 550 g/mol. The zero-order valence-corrected chi connectivity index (χ0v) is 24.1. The Labute approximate surface area is 238 Å². The number of sulfone groups is 1. The molecule has 3 aromatic rings. The predicted octanol–water partition coefficient (Wildman–Crippen LogP) is 4.04. The maximum Gasteiger partial charge on any atom is 0.317 e. The molecule has 0 atom stereocenters. The average molecular weight is 585 g/mol. The van der Waals surface area contributed by atoms with Gasteiger partial charge in [0.25, 0.3) is 6.43 Å². The standard InChI is InChI=1S/C29H34F2N6O3S/c1-32-29(38)36-7-5-19-12-22(35-8-10-41(39,40)11-9-35)14-27(25(19)18-36)37-6-3-4-20-13-23(21-16-33-34(2)17-21)24(28(30)31)15-26(20)37/h12-17,28H,3-11,18H2,1-2H3,(H,32,38). The fourth-order valence-electron chi connectivity index (χ4n) is 6.25. The van der Waals surface area contributed by atoms with Crippen LogP contribution >= 0.6 is 0 Å². The number of fused-ring (bicyclic) bond motifs is 2. The van der Waals surface area contributed by atoms with Gasteiger partial charge in [-0.25, -0.2) is 22.0 Å². The quantitative estimate of drug-likeness (QED) is 0.498. The number of nitrogens with zero attached hydrogens (tertiary/aromatic N) is 5. The summed E-state index contributed by atoms with van der Waals surface area (Å²) in [6.45, 7) is 2.42. The number of aryl methyl sites for hydroxylation is 2. The van der Waals surface area contributed by atoms with Gasteiger partial charge < -0.3 is 20.0 Å². The van der Waals surface area contributed by atoms with E-state index >= 15 is 0 Å². The third kappa shape index (κ3) is 5.25. The minimum absolute atomic E-state index is 0.0399. The summed E-state index contributed by atoms with van der Waals surface area (Å²) in [5.41, 5.74) is 6.74. The van der Waals surface area contributed by atoms with E-state index in [-0.39, 0.29) is 23.1 Å². The molecule has 0 bridgehead atoms. The van der Waals surface area contributed by atoms with Crippen molar-refractivity contribution in [2.24, 2.45) is 7.05 Å². The van der Waals surface area contributed by atoms with Gasteiger partial charge in [-0.1, -0.05) is 0 Å². The molecule has 0 radical (unpaired) electrons. The van der Waals surface area contributed by atoms with Crippen molar-refractivity contribution in [1.82, 2.24) is 20.0 Å². The molecule has 1 aromatic heterocycles. The van der Waals surface area contributed by atoms with E-state index in [1.807, 2.05) is 6.07 Å². The van der Waals surface area contributed by atoms with Gasteiger partial charge in [-0.15, -0.1) is 0 Å². The van der Waals surface area contributed by atoms with E-state index in [0.717, 1.165) is 46.6 Å². The van der Waals surface area contributed by atoms with Crippen LogP contribution in [-0.4, -0.2) is 73.9 Å². The van der Waals surface area contributed by atoms with E-state index < -0.39 is 16.3 Å². The van der Waals surface area contributed by atoms with Crippen LogP contribution in [0, 0.1) is 0 Å². The highest BCUT2D eigenvalue weighted by atomic mass is 32.2. The number of carbonyl (C=O) groups excluding carboxylic acids is 1. The molecule has 41 heavy (non-hydrogen) atoms. The molecule has 1 N–H and O–H groups in total. The summed E-state index contributed by atoms with van der Waals surface area (Å²) in [5.74, 6) is 0.205. The molecule has 3 aliphatic rings. The molecule has 1 fully saturated rings. The molecule has 12 heteroatoms. The third-order valence-electron chi connectivity index (χ3n) is 8.43. The van der Waals surface area contributed by atoms with Crippen LogP contribution in [0.1, 0.15) is 35.1 Å². The molecule has 0 saturated carbocycles. The van der Waals surface area contributed by atoms with Gasteiger partial charge in [-0.3, -0.25) is 4.68 Å². The van der Waals surface area contributed by atoms with Crippen molar-refractivity contribution >= 4 is 32.9 Å². The van der Waals surface area contributed by atoms with E-state index in [0.29, 0.717) is 50.3 Å². The maximum absolute atomic E-state index is 14.5. The first kappa shape index (κ1) is 27.5. The molecule has 9 nitrogen and oxygen atoms in total. The highest BCUT2D eigenvalue weighted by Gasteiger charge is 2.31. The van der Waals surface area contributed by atoms with Gasteiger partial charge in [0, 0.05) is 81.2 Å². The zero-order valence-electron chi connectivity index (χ0n) is 23.2. The number of rotatable bonds is 4. The normalized spacial score (nSPS) is 18.3. The number of urea groups is 1. The molecule has 3 aliphatic heterocycles. The van der Waals surface area contributed by atoms with Gasteiger partial charge in [-0.05, 0) is 65.8 Å². The van der Waals surface area contributed by atoms with E-state index in [2.05, 4.69) is 32.3 Å². The summed E-state index contributed by atoms with van der Waals surface area (Å²) in [6, 6.07) is 7.50. The number of aromatic nitrogens is 2. The van der Waals surface area contributed by atoms with Crippen LogP contribution in [0.15, 0.2) is 36.7 Å². The van der Waals surface area contributed by atoms with E-state index in [1.54, 1.807) is 42.1 Å². The lowest BCUT2D eigenvalue weighted by Crippen LogP contribution is -2.43. The number of carbonyl (C=O) groups is 1. The lowest BCUT2D eigenvalue weighted by Gasteiger charge is -2.39. The van der Waals surface area contributed by atoms with Crippen molar-refractivity contribution in [3.05, 3.63) is 58.9 Å². The second-order valence-electron chi connectivity index (χ2n) is 11.0. The SMILES string of the molecule is CNC(=O)N1CCc2cc(N3CCS(=O)(=O)CC3)cc(N3CCCc4cc(-c5cnn(C)c5)c(C(F)F)cc43)c2C1. The van der Waals surface area contributed by atoms with Gasteiger partial charge in [0.1, 0.15) is 0 Å². The van der Waals surface area contributed by atoms with Crippen LogP contribution in [0.2, 0.25) is 0 Å². The Morgan fingerprint density at radius 1 is 1.00 bits per heavy atom. The van der Waals surface area contributed by atoms with Crippen LogP contribution in [0.3, 0.4) is 0 Å². The highest BCUT2D eigenvalue weighted by molar-refractivity contribution is 7.91. The lowest BCUT2D eigenvalue weighted by atomic mass is 9.91. The van der Waals surface area contributed by atoms with Crippen LogP contribution in [0.25, 0.3) is 11.1 Å². The molecule has 0 aliphatic carbocycles. The van der Waals surface area contributed by atoms with Crippen LogP contribution < -0.4 is 15.1 Å². The Kier molecular flexibility index (Phi) is 7.13. The van der Waals surface area contributed by atoms with Crippen molar-refractivity contribution in [3.63, 3.8) is 0 Å². The van der Waals surface area contributed by atoms with Crippen molar-refractivity contribution in [1.29, 1.82) is 0 Å². The topological polar surface area (TPSA) is 90.8 Å². The van der Waals surface area contributed by atoms with E-state index in [9.17, 15) is 22.0 Å². The van der Waals surface area contributed by atoms with E-state index in [4.69, 9.17) is 0 Å². The third-order valence-corrected chi connectivity index (χ3v) is 10.0. The molecular formula is C29H34F2N6O3S. The zero-order chi connectivity index (χ0) is 28.9. The number of hydrogen-bond donors (Lipinski definition) is 1. The average Bonchev–Trinajstić information content (AvgIpc) is 3.40. The molecule has 6 rings (SSSR count). The van der Waals surface area contributed by atoms with Crippen molar-refractivity contribution in [2.75, 3.05) is 54.5 Å². The monoisotopic (exact) mass is 584 g/mol. The Bertz CT molecular complexity index is 1590. The van der Waals surface area contributed by atoms with Crippen LogP contribution in [0.4, 0.5) is 30.6 Å². The Balaban J connectivity index is 1.47. The lowest BCUT2D eigenvalue weighted by molar-refractivity contribution is 0.152. The summed E-state index contributed by atoms with van der Waals surface area (Å²) in [4.78, 5) is 18.6. The molecule has 2 aromatic carbocycles. The number of alkyl halides is 2. The number of halogens is 2. The highest BCUT2D eigenvalue weighted by Crippen LogP contribution is 2.44. The first-order valence-electron chi connectivity index (χ1n) is 13.9. The second kappa shape index (κ2) is 10.6. The van der Waals surface area contributed by atoms with Crippen molar-refractivity contribution in [2.45, 2.75) is 32.2 Å². The first-order valence-corrected chi connectivity index (χ1v) is 15.7.